The van der Waals surface area contributed by atoms with Crippen LogP contribution in [0.25, 0.3) is 0 Å². The van der Waals surface area contributed by atoms with E-state index >= 15 is 0 Å². The fraction of sp³-hybridized carbons (Fsp3) is 0.200. The number of nitrogens with one attached hydrogen (secondary N) is 2. The monoisotopic (exact) mass is 272 g/mol. The van der Waals surface area contributed by atoms with Gasteiger partial charge in [0.2, 0.25) is 0 Å². The first-order chi connectivity index (χ1) is 9.74. The van der Waals surface area contributed by atoms with Gasteiger partial charge in [-0.1, -0.05) is 18.2 Å². The van der Waals surface area contributed by atoms with Crippen LogP contribution in [0.4, 0.5) is 0 Å². The molecule has 2 unspecified atom stereocenters. The number of ether oxygens (including phenoxy) is 1. The minimum absolute atomic E-state index is 0.0396. The van der Waals surface area contributed by atoms with Gasteiger partial charge in [0.05, 0.1) is 6.04 Å². The van der Waals surface area contributed by atoms with Crippen molar-refractivity contribution in [3.05, 3.63) is 54.1 Å². The van der Waals surface area contributed by atoms with Gasteiger partial charge >= 0.3 is 0 Å². The first kappa shape index (κ1) is 12.8. The van der Waals surface area contributed by atoms with Gasteiger partial charge in [0.15, 0.2) is 0 Å². The van der Waals surface area contributed by atoms with Crippen molar-refractivity contribution in [2.24, 2.45) is 0 Å². The largest absolute Gasteiger partial charge is 0.508 e. The number of hydrazine groups is 1. The molecule has 0 aromatic heterocycles. The lowest BCUT2D eigenvalue weighted by Gasteiger charge is -2.21. The lowest BCUT2D eigenvalue weighted by molar-refractivity contribution is 0.195. The van der Waals surface area contributed by atoms with E-state index in [0.29, 0.717) is 12.1 Å². The van der Waals surface area contributed by atoms with Crippen molar-refractivity contribution < 1.29 is 14.9 Å². The number of hydrogen-bond acceptors (Lipinski definition) is 5. The summed E-state index contributed by atoms with van der Waals surface area (Å²) in [5, 5.41) is 19.3. The maximum absolute atomic E-state index is 9.95. The van der Waals surface area contributed by atoms with Gasteiger partial charge in [0.1, 0.15) is 23.4 Å². The third-order valence-electron chi connectivity index (χ3n) is 3.31. The van der Waals surface area contributed by atoms with Crippen LogP contribution in [-0.4, -0.2) is 22.9 Å². The fourth-order valence-electron chi connectivity index (χ4n) is 2.34. The van der Waals surface area contributed by atoms with Crippen LogP contribution in [0.1, 0.15) is 11.6 Å². The highest BCUT2D eigenvalue weighted by Gasteiger charge is 2.31. The van der Waals surface area contributed by atoms with Crippen molar-refractivity contribution in [3.63, 3.8) is 0 Å². The second-order valence-corrected chi connectivity index (χ2v) is 4.72. The van der Waals surface area contributed by atoms with E-state index < -0.39 is 0 Å². The van der Waals surface area contributed by atoms with Crippen molar-refractivity contribution in [1.29, 1.82) is 0 Å². The molecule has 5 heteroatoms. The molecule has 104 valence electrons. The molecule has 3 rings (SSSR count). The Bertz CT molecular complexity index is 589. The van der Waals surface area contributed by atoms with Crippen LogP contribution < -0.4 is 15.6 Å². The van der Waals surface area contributed by atoms with E-state index in [9.17, 15) is 10.2 Å². The normalized spacial score (nSPS) is 21.8. The molecule has 1 heterocycles. The molecule has 0 aliphatic carbocycles. The number of para-hydroxylation sites is 1. The Labute approximate surface area is 116 Å². The maximum atomic E-state index is 9.95. The Kier molecular flexibility index (Phi) is 3.45. The molecule has 2 atom stereocenters. The second-order valence-electron chi connectivity index (χ2n) is 4.72. The number of rotatable bonds is 3. The quantitative estimate of drug-likeness (QED) is 0.684. The average Bonchev–Trinajstić information content (AvgIpc) is 2.88. The van der Waals surface area contributed by atoms with Crippen molar-refractivity contribution >= 4 is 0 Å². The molecular formula is C15H16N2O3. The zero-order chi connectivity index (χ0) is 13.9. The number of aromatic hydroxyl groups is 2. The molecule has 0 bridgehead atoms. The van der Waals surface area contributed by atoms with Gasteiger partial charge in [-0.05, 0) is 24.3 Å². The Morgan fingerprint density at radius 1 is 1.05 bits per heavy atom. The third kappa shape index (κ3) is 2.54. The molecule has 20 heavy (non-hydrogen) atoms. The Morgan fingerprint density at radius 2 is 1.85 bits per heavy atom. The van der Waals surface area contributed by atoms with E-state index in [1.165, 1.54) is 6.07 Å². The molecule has 1 saturated heterocycles. The molecule has 2 aromatic rings. The molecule has 1 aliphatic heterocycles. The number of phenols is 2. The van der Waals surface area contributed by atoms with Crippen molar-refractivity contribution in [1.82, 2.24) is 10.9 Å². The molecular weight excluding hydrogens is 256 g/mol. The molecule has 0 amide bonds. The first-order valence-electron chi connectivity index (χ1n) is 6.46. The van der Waals surface area contributed by atoms with E-state index in [1.807, 2.05) is 30.3 Å². The summed E-state index contributed by atoms with van der Waals surface area (Å²) in [7, 11) is 0. The number of benzene rings is 2. The highest BCUT2D eigenvalue weighted by molar-refractivity contribution is 5.41. The highest BCUT2D eigenvalue weighted by Crippen LogP contribution is 2.32. The Hall–Kier alpha value is -2.24. The highest BCUT2D eigenvalue weighted by atomic mass is 16.5. The van der Waals surface area contributed by atoms with E-state index in [2.05, 4.69) is 10.9 Å². The van der Waals surface area contributed by atoms with Crippen molar-refractivity contribution in [2.45, 2.75) is 12.1 Å². The third-order valence-corrected chi connectivity index (χ3v) is 3.31. The molecule has 0 radical (unpaired) electrons. The van der Waals surface area contributed by atoms with Gasteiger partial charge in [-0.3, -0.25) is 5.43 Å². The minimum Gasteiger partial charge on any atom is -0.508 e. The Balaban J connectivity index is 1.82. The summed E-state index contributed by atoms with van der Waals surface area (Å²) in [4.78, 5) is 0. The predicted molar refractivity (Wildman–Crippen MR) is 74.5 cm³/mol. The van der Waals surface area contributed by atoms with Crippen LogP contribution in [0.3, 0.4) is 0 Å². The fourth-order valence-corrected chi connectivity index (χ4v) is 2.34. The van der Waals surface area contributed by atoms with Crippen molar-refractivity contribution in [2.75, 3.05) is 6.54 Å². The van der Waals surface area contributed by atoms with E-state index in [1.54, 1.807) is 12.1 Å². The summed E-state index contributed by atoms with van der Waals surface area (Å²) in [5.41, 5.74) is 6.81. The predicted octanol–water partition coefficient (Wildman–Crippen LogP) is 1.69. The first-order valence-corrected chi connectivity index (χ1v) is 6.46. The summed E-state index contributed by atoms with van der Waals surface area (Å²) in [6.45, 7) is 0.625. The molecule has 0 saturated carbocycles. The van der Waals surface area contributed by atoms with Gasteiger partial charge in [-0.2, -0.15) is 0 Å². The zero-order valence-corrected chi connectivity index (χ0v) is 10.8. The molecule has 2 aromatic carbocycles. The van der Waals surface area contributed by atoms with E-state index in [4.69, 9.17) is 4.74 Å². The summed E-state index contributed by atoms with van der Waals surface area (Å²) >= 11 is 0. The van der Waals surface area contributed by atoms with Crippen LogP contribution in [0.5, 0.6) is 17.2 Å². The topological polar surface area (TPSA) is 73.8 Å². The lowest BCUT2D eigenvalue weighted by Crippen LogP contribution is -2.28. The van der Waals surface area contributed by atoms with Crippen LogP contribution in [0, 0.1) is 0 Å². The summed E-state index contributed by atoms with van der Waals surface area (Å²) < 4.78 is 5.93. The molecule has 1 aliphatic rings. The Morgan fingerprint density at radius 3 is 2.60 bits per heavy atom. The smallest absolute Gasteiger partial charge is 0.133 e. The average molecular weight is 272 g/mol. The molecule has 4 N–H and O–H groups in total. The molecule has 5 nitrogen and oxygen atoms in total. The second kappa shape index (κ2) is 5.40. The van der Waals surface area contributed by atoms with E-state index in [0.717, 1.165) is 5.75 Å². The van der Waals surface area contributed by atoms with Crippen LogP contribution in [0.15, 0.2) is 48.5 Å². The van der Waals surface area contributed by atoms with Gasteiger partial charge in [-0.25, -0.2) is 5.43 Å². The lowest BCUT2D eigenvalue weighted by atomic mass is 10.0. The molecule has 0 spiro atoms. The SMILES string of the molecule is Oc1ccc(C2NNCC2Oc2ccccc2)c(O)c1. The van der Waals surface area contributed by atoms with Gasteiger partial charge in [-0.15, -0.1) is 0 Å². The summed E-state index contributed by atoms with van der Waals surface area (Å²) in [6, 6.07) is 13.9. The summed E-state index contributed by atoms with van der Waals surface area (Å²) in [5.74, 6) is 0.872. The van der Waals surface area contributed by atoms with Gasteiger partial charge < -0.3 is 14.9 Å². The van der Waals surface area contributed by atoms with Gasteiger partial charge in [0.25, 0.3) is 0 Å². The number of hydrogen-bond donors (Lipinski definition) is 4. The number of phenolic OH excluding ortho intramolecular Hbond substituents is 2. The maximum Gasteiger partial charge on any atom is 0.133 e. The van der Waals surface area contributed by atoms with E-state index in [-0.39, 0.29) is 23.6 Å². The zero-order valence-electron chi connectivity index (χ0n) is 10.8. The minimum atomic E-state index is -0.184. The van der Waals surface area contributed by atoms with Crippen LogP contribution >= 0.6 is 0 Å². The summed E-state index contributed by atoms with van der Waals surface area (Å²) in [6.07, 6.45) is -0.146. The van der Waals surface area contributed by atoms with Gasteiger partial charge in [0, 0.05) is 18.2 Å². The van der Waals surface area contributed by atoms with Crippen LogP contribution in [0.2, 0.25) is 0 Å². The molecule has 1 fully saturated rings. The standard InChI is InChI=1S/C15H16N2O3/c18-10-6-7-12(13(19)8-10)15-14(9-16-17-15)20-11-4-2-1-3-5-11/h1-8,14-19H,9H2. The van der Waals surface area contributed by atoms with Crippen molar-refractivity contribution in [3.8, 4) is 17.2 Å². The van der Waals surface area contributed by atoms with Crippen LogP contribution in [-0.2, 0) is 0 Å².